The van der Waals surface area contributed by atoms with Crippen molar-refractivity contribution in [1.82, 2.24) is 4.90 Å². The lowest BCUT2D eigenvalue weighted by molar-refractivity contribution is -0.384. The van der Waals surface area contributed by atoms with E-state index in [0.717, 1.165) is 13.1 Å². The summed E-state index contributed by atoms with van der Waals surface area (Å²) in [5.41, 5.74) is 0.169. The number of carbonyl (C=O) groups is 2. The van der Waals surface area contributed by atoms with Crippen LogP contribution in [0.25, 0.3) is 0 Å². The summed E-state index contributed by atoms with van der Waals surface area (Å²) < 4.78 is 5.09. The summed E-state index contributed by atoms with van der Waals surface area (Å²) >= 11 is 1.28. The number of thioether (sulfide) groups is 1. The molecular weight excluding hydrogens is 360 g/mol. The Hall–Kier alpha value is -2.62. The van der Waals surface area contributed by atoms with Crippen LogP contribution in [0.1, 0.15) is 20.3 Å². The fourth-order valence-electron chi connectivity index (χ4n) is 2.40. The van der Waals surface area contributed by atoms with Crippen molar-refractivity contribution in [2.45, 2.75) is 25.5 Å². The normalized spacial score (nSPS) is 16.2. The number of carbonyl (C=O) groups excluding carboxylic acids is 2. The van der Waals surface area contributed by atoms with Gasteiger partial charge in [-0.25, -0.2) is 0 Å². The number of anilines is 1. The van der Waals surface area contributed by atoms with Crippen LogP contribution in [0.4, 0.5) is 11.4 Å². The Balaban J connectivity index is 2.02. The molecule has 1 atom stereocenters. The molecule has 2 amide bonds. The Morgan fingerprint density at radius 2 is 2.12 bits per heavy atom. The van der Waals surface area contributed by atoms with E-state index in [1.165, 1.54) is 37.1 Å². The second-order valence-corrected chi connectivity index (χ2v) is 6.58. The molecule has 0 aliphatic carbocycles. The SMILES string of the molecule is CCN(CC)C1=NC(=O)[C@@H](CC(=O)Nc2ccc([N+](=O)[O-])cc2OC)S1. The molecule has 1 aromatic carbocycles. The van der Waals surface area contributed by atoms with Gasteiger partial charge < -0.3 is 15.0 Å². The summed E-state index contributed by atoms with van der Waals surface area (Å²) in [6.45, 7) is 5.40. The number of nitrogens with one attached hydrogen (secondary N) is 1. The van der Waals surface area contributed by atoms with Crippen molar-refractivity contribution in [3.63, 3.8) is 0 Å². The fraction of sp³-hybridized carbons (Fsp3) is 0.438. The molecule has 10 heteroatoms. The summed E-state index contributed by atoms with van der Waals surface area (Å²) in [6.07, 6.45) is -0.0437. The molecule has 140 valence electrons. The third-order valence-electron chi connectivity index (χ3n) is 3.80. The van der Waals surface area contributed by atoms with Crippen molar-refractivity contribution in [3.8, 4) is 5.75 Å². The lowest BCUT2D eigenvalue weighted by Crippen LogP contribution is -2.27. The van der Waals surface area contributed by atoms with E-state index in [4.69, 9.17) is 4.74 Å². The van der Waals surface area contributed by atoms with E-state index in [9.17, 15) is 19.7 Å². The van der Waals surface area contributed by atoms with Gasteiger partial charge in [0.15, 0.2) is 5.17 Å². The van der Waals surface area contributed by atoms with Crippen LogP contribution in [0.15, 0.2) is 23.2 Å². The van der Waals surface area contributed by atoms with Crippen molar-refractivity contribution < 1.29 is 19.2 Å². The third-order valence-corrected chi connectivity index (χ3v) is 5.02. The minimum absolute atomic E-state index is 0.0437. The topological polar surface area (TPSA) is 114 Å². The number of ether oxygens (including phenoxy) is 1. The van der Waals surface area contributed by atoms with Gasteiger partial charge in [0.25, 0.3) is 11.6 Å². The van der Waals surface area contributed by atoms with E-state index in [-0.39, 0.29) is 29.7 Å². The molecule has 1 heterocycles. The van der Waals surface area contributed by atoms with Gasteiger partial charge in [-0.05, 0) is 19.9 Å². The van der Waals surface area contributed by atoms with Gasteiger partial charge in [0.1, 0.15) is 11.0 Å². The zero-order valence-corrected chi connectivity index (χ0v) is 15.5. The van der Waals surface area contributed by atoms with Crippen molar-refractivity contribution in [2.24, 2.45) is 4.99 Å². The maximum absolute atomic E-state index is 12.3. The highest BCUT2D eigenvalue weighted by Crippen LogP contribution is 2.31. The van der Waals surface area contributed by atoms with Crippen LogP contribution in [0.5, 0.6) is 5.75 Å². The van der Waals surface area contributed by atoms with Crippen LogP contribution < -0.4 is 10.1 Å². The van der Waals surface area contributed by atoms with Gasteiger partial charge >= 0.3 is 0 Å². The van der Waals surface area contributed by atoms with E-state index in [1.54, 1.807) is 0 Å². The minimum Gasteiger partial charge on any atom is -0.494 e. The zero-order valence-electron chi connectivity index (χ0n) is 14.7. The molecule has 1 aromatic rings. The Morgan fingerprint density at radius 1 is 1.42 bits per heavy atom. The molecule has 1 N–H and O–H groups in total. The van der Waals surface area contributed by atoms with Crippen LogP contribution in [-0.2, 0) is 9.59 Å². The Morgan fingerprint density at radius 3 is 2.69 bits per heavy atom. The van der Waals surface area contributed by atoms with Gasteiger partial charge in [0, 0.05) is 25.6 Å². The van der Waals surface area contributed by atoms with E-state index in [1.807, 2.05) is 18.7 Å². The smallest absolute Gasteiger partial charge is 0.273 e. The number of hydrogen-bond acceptors (Lipinski definition) is 7. The lowest BCUT2D eigenvalue weighted by Gasteiger charge is -2.19. The highest BCUT2D eigenvalue weighted by atomic mass is 32.2. The van der Waals surface area contributed by atoms with E-state index >= 15 is 0 Å². The van der Waals surface area contributed by atoms with E-state index < -0.39 is 10.2 Å². The molecule has 0 fully saturated rings. The average Bonchev–Trinajstić information content (AvgIpc) is 2.96. The summed E-state index contributed by atoms with van der Waals surface area (Å²) in [5.74, 6) is -0.542. The second kappa shape index (κ2) is 8.65. The minimum atomic E-state index is -0.574. The fourth-order valence-corrected chi connectivity index (χ4v) is 3.60. The highest BCUT2D eigenvalue weighted by molar-refractivity contribution is 8.15. The quantitative estimate of drug-likeness (QED) is 0.570. The highest BCUT2D eigenvalue weighted by Gasteiger charge is 2.32. The number of aliphatic imine (C=N–C) groups is 1. The number of benzene rings is 1. The predicted octanol–water partition coefficient (Wildman–Crippen LogP) is 2.27. The van der Waals surface area contributed by atoms with Gasteiger partial charge in [-0.3, -0.25) is 19.7 Å². The molecule has 0 radical (unpaired) electrons. The first-order valence-corrected chi connectivity index (χ1v) is 8.93. The molecule has 26 heavy (non-hydrogen) atoms. The van der Waals surface area contributed by atoms with Gasteiger partial charge in [0.05, 0.1) is 23.8 Å². The number of amidine groups is 1. The molecule has 0 bridgehead atoms. The number of methoxy groups -OCH3 is 1. The van der Waals surface area contributed by atoms with E-state index in [2.05, 4.69) is 10.3 Å². The lowest BCUT2D eigenvalue weighted by atomic mass is 10.2. The zero-order chi connectivity index (χ0) is 19.3. The van der Waals surface area contributed by atoms with Crippen molar-refractivity contribution in [3.05, 3.63) is 28.3 Å². The first-order valence-electron chi connectivity index (χ1n) is 8.06. The van der Waals surface area contributed by atoms with Gasteiger partial charge in [-0.2, -0.15) is 4.99 Å². The van der Waals surface area contributed by atoms with Crippen LogP contribution in [0.2, 0.25) is 0 Å². The summed E-state index contributed by atoms with van der Waals surface area (Å²) in [5, 5.41) is 13.5. The Kier molecular flexibility index (Phi) is 6.56. The van der Waals surface area contributed by atoms with Crippen LogP contribution in [0, 0.1) is 10.1 Å². The number of nitro groups is 1. The second-order valence-electron chi connectivity index (χ2n) is 5.41. The van der Waals surface area contributed by atoms with Crippen molar-refractivity contribution in [2.75, 3.05) is 25.5 Å². The molecule has 0 unspecified atom stereocenters. The standard InChI is InChI=1S/C16H20N4O5S/c1-4-19(5-2)16-18-15(22)13(26-16)9-14(21)17-11-7-6-10(20(23)24)8-12(11)25-3/h6-8,13H,4-5,9H2,1-3H3,(H,17,21)/t13-/m1/s1. The number of rotatable bonds is 7. The molecule has 0 saturated carbocycles. The van der Waals surface area contributed by atoms with Crippen molar-refractivity contribution >= 4 is 40.1 Å². The first-order chi connectivity index (χ1) is 12.4. The number of non-ortho nitro benzene ring substituents is 1. The predicted molar refractivity (Wildman–Crippen MR) is 99.6 cm³/mol. The summed E-state index contributed by atoms with van der Waals surface area (Å²) in [7, 11) is 1.36. The third kappa shape index (κ3) is 4.51. The van der Waals surface area contributed by atoms with Gasteiger partial charge in [-0.15, -0.1) is 0 Å². The number of nitrogens with zero attached hydrogens (tertiary/aromatic N) is 3. The van der Waals surface area contributed by atoms with Crippen LogP contribution in [0.3, 0.4) is 0 Å². The Bertz CT molecular complexity index is 748. The molecule has 1 aliphatic rings. The number of nitro benzene ring substituents is 1. The number of amides is 2. The van der Waals surface area contributed by atoms with Crippen LogP contribution >= 0.6 is 11.8 Å². The maximum Gasteiger partial charge on any atom is 0.273 e. The first kappa shape index (κ1) is 19.7. The molecule has 0 aromatic heterocycles. The largest absolute Gasteiger partial charge is 0.494 e. The monoisotopic (exact) mass is 380 g/mol. The molecular formula is C16H20N4O5S. The van der Waals surface area contributed by atoms with Crippen LogP contribution in [-0.4, -0.2) is 52.3 Å². The molecule has 2 rings (SSSR count). The molecule has 0 saturated heterocycles. The number of hydrogen-bond donors (Lipinski definition) is 1. The summed E-state index contributed by atoms with van der Waals surface area (Å²) in [4.78, 5) is 40.6. The van der Waals surface area contributed by atoms with Gasteiger partial charge in [-0.1, -0.05) is 11.8 Å². The average molecular weight is 380 g/mol. The molecule has 0 spiro atoms. The summed E-state index contributed by atoms with van der Waals surface area (Å²) in [6, 6.07) is 3.90. The van der Waals surface area contributed by atoms with Gasteiger partial charge in [0.2, 0.25) is 5.91 Å². The maximum atomic E-state index is 12.3. The van der Waals surface area contributed by atoms with Crippen molar-refractivity contribution in [1.29, 1.82) is 0 Å². The Labute approximate surface area is 154 Å². The molecule has 9 nitrogen and oxygen atoms in total. The molecule has 1 aliphatic heterocycles. The van der Waals surface area contributed by atoms with E-state index in [0.29, 0.717) is 10.9 Å².